The highest BCUT2D eigenvalue weighted by Gasteiger charge is 2.18. The molecule has 0 atom stereocenters. The lowest BCUT2D eigenvalue weighted by Crippen LogP contribution is -2.26. The van der Waals surface area contributed by atoms with Gasteiger partial charge in [-0.25, -0.2) is 0 Å². The summed E-state index contributed by atoms with van der Waals surface area (Å²) in [5, 5.41) is 6.78. The van der Waals surface area contributed by atoms with E-state index in [1.165, 1.54) is 14.2 Å². The van der Waals surface area contributed by atoms with E-state index >= 15 is 0 Å². The van der Waals surface area contributed by atoms with Gasteiger partial charge in [0.15, 0.2) is 0 Å². The number of benzene rings is 2. The van der Waals surface area contributed by atoms with Gasteiger partial charge in [-0.2, -0.15) is 4.98 Å². The van der Waals surface area contributed by atoms with Crippen LogP contribution in [-0.2, 0) is 6.42 Å². The number of amides is 1. The molecular formula is C19H19N3O4. The minimum atomic E-state index is -0.290. The quantitative estimate of drug-likeness (QED) is 0.703. The Morgan fingerprint density at radius 1 is 1.04 bits per heavy atom. The van der Waals surface area contributed by atoms with Crippen LogP contribution in [0.4, 0.5) is 0 Å². The third-order valence-corrected chi connectivity index (χ3v) is 3.78. The van der Waals surface area contributed by atoms with Crippen molar-refractivity contribution >= 4 is 5.91 Å². The van der Waals surface area contributed by atoms with Crippen LogP contribution in [0, 0.1) is 0 Å². The number of carbonyl (C=O) groups is 1. The number of carbonyl (C=O) groups excluding carboxylic acids is 1. The molecule has 3 aromatic rings. The Morgan fingerprint density at radius 2 is 1.73 bits per heavy atom. The average Bonchev–Trinajstić information content (AvgIpc) is 3.16. The Balaban J connectivity index is 1.62. The van der Waals surface area contributed by atoms with Crippen LogP contribution in [0.2, 0.25) is 0 Å². The molecule has 0 saturated heterocycles. The molecule has 1 amide bonds. The molecule has 0 aliphatic heterocycles. The maximum atomic E-state index is 12.5. The van der Waals surface area contributed by atoms with E-state index in [0.717, 1.165) is 5.56 Å². The highest BCUT2D eigenvalue weighted by molar-refractivity contribution is 5.99. The van der Waals surface area contributed by atoms with E-state index in [9.17, 15) is 4.79 Å². The maximum absolute atomic E-state index is 12.5. The third-order valence-electron chi connectivity index (χ3n) is 3.78. The Labute approximate surface area is 150 Å². The van der Waals surface area contributed by atoms with Crippen LogP contribution in [0.3, 0.4) is 0 Å². The molecule has 0 aliphatic rings. The van der Waals surface area contributed by atoms with Crippen LogP contribution >= 0.6 is 0 Å². The van der Waals surface area contributed by atoms with E-state index in [2.05, 4.69) is 15.5 Å². The number of rotatable bonds is 7. The number of hydrogen-bond donors (Lipinski definition) is 1. The van der Waals surface area contributed by atoms with Gasteiger partial charge < -0.3 is 19.3 Å². The first-order valence-corrected chi connectivity index (χ1v) is 8.10. The first-order valence-electron chi connectivity index (χ1n) is 8.10. The summed E-state index contributed by atoms with van der Waals surface area (Å²) in [7, 11) is 3.02. The Hall–Kier alpha value is -3.35. The standard InChI is InChI=1S/C19H19N3O4/c1-24-14-9-6-10-15(25-2)17(14)19(23)20-12-11-16-21-18(22-26-16)13-7-4-3-5-8-13/h3-10H,11-12H2,1-2H3,(H,20,23). The van der Waals surface area contributed by atoms with Crippen molar-refractivity contribution in [2.75, 3.05) is 20.8 Å². The normalized spacial score (nSPS) is 10.4. The monoisotopic (exact) mass is 353 g/mol. The summed E-state index contributed by atoms with van der Waals surface area (Å²) in [6.07, 6.45) is 0.420. The second-order valence-electron chi connectivity index (χ2n) is 5.42. The highest BCUT2D eigenvalue weighted by atomic mass is 16.5. The minimum Gasteiger partial charge on any atom is -0.496 e. The second-order valence-corrected chi connectivity index (χ2v) is 5.42. The molecule has 0 bridgehead atoms. The summed E-state index contributed by atoms with van der Waals surface area (Å²) in [5.74, 6) is 1.59. The minimum absolute atomic E-state index is 0.290. The van der Waals surface area contributed by atoms with Gasteiger partial charge in [0, 0.05) is 18.5 Å². The van der Waals surface area contributed by atoms with Crippen molar-refractivity contribution in [3.05, 3.63) is 60.0 Å². The number of aromatic nitrogens is 2. The van der Waals surface area contributed by atoms with Gasteiger partial charge in [0.1, 0.15) is 17.1 Å². The first-order chi connectivity index (χ1) is 12.7. The predicted molar refractivity (Wildman–Crippen MR) is 95.3 cm³/mol. The fraction of sp³-hybridized carbons (Fsp3) is 0.211. The summed E-state index contributed by atoms with van der Waals surface area (Å²) in [6.45, 7) is 0.344. The predicted octanol–water partition coefficient (Wildman–Crippen LogP) is 2.73. The number of hydrogen-bond acceptors (Lipinski definition) is 6. The summed E-state index contributed by atoms with van der Waals surface area (Å²) in [6, 6.07) is 14.7. The molecule has 1 N–H and O–H groups in total. The van der Waals surface area contributed by atoms with E-state index in [-0.39, 0.29) is 5.91 Å². The molecular weight excluding hydrogens is 334 g/mol. The van der Waals surface area contributed by atoms with Gasteiger partial charge in [-0.1, -0.05) is 41.6 Å². The van der Waals surface area contributed by atoms with E-state index in [4.69, 9.17) is 14.0 Å². The van der Waals surface area contributed by atoms with Crippen LogP contribution in [-0.4, -0.2) is 36.8 Å². The van der Waals surface area contributed by atoms with Crippen LogP contribution in [0.5, 0.6) is 11.5 Å². The third kappa shape index (κ3) is 3.83. The molecule has 0 radical (unpaired) electrons. The number of methoxy groups -OCH3 is 2. The van der Waals surface area contributed by atoms with Crippen molar-refractivity contribution in [1.82, 2.24) is 15.5 Å². The van der Waals surface area contributed by atoms with Gasteiger partial charge in [0.05, 0.1) is 14.2 Å². The Morgan fingerprint density at radius 3 is 2.38 bits per heavy atom. The second kappa shape index (κ2) is 8.15. The molecule has 3 rings (SSSR count). The summed E-state index contributed by atoms with van der Waals surface area (Å²) in [5.41, 5.74) is 1.23. The zero-order chi connectivity index (χ0) is 18.4. The van der Waals surface area contributed by atoms with E-state index < -0.39 is 0 Å². The molecule has 0 saturated carbocycles. The van der Waals surface area contributed by atoms with Crippen molar-refractivity contribution in [2.45, 2.75) is 6.42 Å². The smallest absolute Gasteiger partial charge is 0.258 e. The van der Waals surface area contributed by atoms with Crippen molar-refractivity contribution in [3.8, 4) is 22.9 Å². The average molecular weight is 353 g/mol. The molecule has 0 aliphatic carbocycles. The van der Waals surface area contributed by atoms with Gasteiger partial charge in [-0.05, 0) is 12.1 Å². The number of nitrogens with zero attached hydrogens (tertiary/aromatic N) is 2. The zero-order valence-corrected chi connectivity index (χ0v) is 14.6. The maximum Gasteiger partial charge on any atom is 0.258 e. The molecule has 1 heterocycles. The zero-order valence-electron chi connectivity index (χ0n) is 14.6. The molecule has 0 unspecified atom stereocenters. The molecule has 134 valence electrons. The Bertz CT molecular complexity index is 855. The largest absolute Gasteiger partial charge is 0.496 e. The van der Waals surface area contributed by atoms with Gasteiger partial charge >= 0.3 is 0 Å². The highest BCUT2D eigenvalue weighted by Crippen LogP contribution is 2.27. The molecule has 0 fully saturated rings. The Kier molecular flexibility index (Phi) is 5.48. The SMILES string of the molecule is COc1cccc(OC)c1C(=O)NCCc1nc(-c2ccccc2)no1. The lowest BCUT2D eigenvalue weighted by Gasteiger charge is -2.12. The van der Waals surface area contributed by atoms with Gasteiger partial charge in [-0.3, -0.25) is 4.79 Å². The van der Waals surface area contributed by atoms with Crippen molar-refractivity contribution < 1.29 is 18.8 Å². The van der Waals surface area contributed by atoms with Crippen LogP contribution < -0.4 is 14.8 Å². The molecule has 0 spiro atoms. The van der Waals surface area contributed by atoms with Gasteiger partial charge in [0.2, 0.25) is 11.7 Å². The fourth-order valence-electron chi connectivity index (χ4n) is 2.51. The van der Waals surface area contributed by atoms with Crippen LogP contribution in [0.25, 0.3) is 11.4 Å². The topological polar surface area (TPSA) is 86.5 Å². The fourth-order valence-corrected chi connectivity index (χ4v) is 2.51. The van der Waals surface area contributed by atoms with Crippen molar-refractivity contribution in [3.63, 3.8) is 0 Å². The first kappa shape index (κ1) is 17.5. The van der Waals surface area contributed by atoms with Crippen LogP contribution in [0.15, 0.2) is 53.1 Å². The summed E-state index contributed by atoms with van der Waals surface area (Å²) < 4.78 is 15.7. The lowest BCUT2D eigenvalue weighted by atomic mass is 10.1. The molecule has 2 aromatic carbocycles. The number of ether oxygens (including phenoxy) is 2. The lowest BCUT2D eigenvalue weighted by molar-refractivity contribution is 0.0947. The molecule has 7 heteroatoms. The van der Waals surface area contributed by atoms with Crippen LogP contribution in [0.1, 0.15) is 16.2 Å². The summed E-state index contributed by atoms with van der Waals surface area (Å²) >= 11 is 0. The summed E-state index contributed by atoms with van der Waals surface area (Å²) in [4.78, 5) is 16.8. The molecule has 1 aromatic heterocycles. The van der Waals surface area contributed by atoms with Crippen molar-refractivity contribution in [1.29, 1.82) is 0 Å². The van der Waals surface area contributed by atoms with E-state index in [1.807, 2.05) is 30.3 Å². The van der Waals surface area contributed by atoms with E-state index in [1.54, 1.807) is 18.2 Å². The van der Waals surface area contributed by atoms with E-state index in [0.29, 0.717) is 41.7 Å². The molecule has 7 nitrogen and oxygen atoms in total. The van der Waals surface area contributed by atoms with Gasteiger partial charge in [0.25, 0.3) is 5.91 Å². The van der Waals surface area contributed by atoms with Crippen molar-refractivity contribution in [2.24, 2.45) is 0 Å². The van der Waals surface area contributed by atoms with Gasteiger partial charge in [-0.15, -0.1) is 0 Å². The number of nitrogens with one attached hydrogen (secondary N) is 1. The molecule has 26 heavy (non-hydrogen) atoms.